The highest BCUT2D eigenvalue weighted by molar-refractivity contribution is 5.45. The third-order valence-corrected chi connectivity index (χ3v) is 5.42. The Hall–Kier alpha value is -4.04. The molecule has 2 heteroatoms. The molecule has 0 aromatic heterocycles. The maximum Gasteiger partial charge on any atom is 0.115 e. The van der Waals surface area contributed by atoms with E-state index in [4.69, 9.17) is 10.2 Å². The van der Waals surface area contributed by atoms with Gasteiger partial charge >= 0.3 is 0 Å². The van der Waals surface area contributed by atoms with Gasteiger partial charge in [0.2, 0.25) is 0 Å². The number of aromatic hydroxyl groups is 2. The molecule has 0 radical (unpaired) electrons. The summed E-state index contributed by atoms with van der Waals surface area (Å²) in [5.41, 5.74) is 5.96. The number of phenols is 2. The van der Waals surface area contributed by atoms with Crippen LogP contribution in [0.15, 0.2) is 156 Å². The van der Waals surface area contributed by atoms with E-state index in [9.17, 15) is 0 Å². The van der Waals surface area contributed by atoms with Crippen molar-refractivity contribution < 1.29 is 10.2 Å². The molecule has 6 rings (SSSR count). The molecule has 2 nitrogen and oxygen atoms in total. The predicted molar refractivity (Wildman–Crippen MR) is 144 cm³/mol. The first-order valence-electron chi connectivity index (χ1n) is 11.6. The lowest BCUT2D eigenvalue weighted by atomic mass is 10.1. The van der Waals surface area contributed by atoms with Crippen LogP contribution in [0, 0.1) is 0 Å². The fourth-order valence-corrected chi connectivity index (χ4v) is 3.60. The first kappa shape index (κ1) is 24.6. The standard InChI is InChI=1S/2C10H10.2C6H6O/c2*1-2-6-9(5-1)10-7-3-4-8-10;2*7-6-4-2-1-3-5-6/h2*1-5,7H,6,8H2;2*1-5,7H. The van der Waals surface area contributed by atoms with Gasteiger partial charge in [-0.2, -0.15) is 0 Å². The van der Waals surface area contributed by atoms with Crippen molar-refractivity contribution in [1.82, 2.24) is 0 Å². The molecule has 2 aromatic rings. The Morgan fingerprint density at radius 3 is 0.794 bits per heavy atom. The van der Waals surface area contributed by atoms with Gasteiger partial charge in [-0.25, -0.2) is 0 Å². The van der Waals surface area contributed by atoms with Gasteiger partial charge in [-0.15, -0.1) is 0 Å². The van der Waals surface area contributed by atoms with Crippen molar-refractivity contribution in [2.24, 2.45) is 0 Å². The Morgan fingerprint density at radius 2 is 0.647 bits per heavy atom. The van der Waals surface area contributed by atoms with E-state index < -0.39 is 0 Å². The van der Waals surface area contributed by atoms with Gasteiger partial charge in [-0.05, 0) is 72.2 Å². The molecule has 172 valence electrons. The molecule has 34 heavy (non-hydrogen) atoms. The number of para-hydroxylation sites is 2. The second kappa shape index (κ2) is 14.2. The van der Waals surface area contributed by atoms with Gasteiger partial charge in [0, 0.05) is 0 Å². The normalized spacial score (nSPS) is 16.2. The molecule has 4 aliphatic carbocycles. The summed E-state index contributed by atoms with van der Waals surface area (Å²) in [6, 6.07) is 17.4. The minimum atomic E-state index is 0.322. The van der Waals surface area contributed by atoms with Crippen molar-refractivity contribution in [3.63, 3.8) is 0 Å². The van der Waals surface area contributed by atoms with Gasteiger partial charge in [-0.3, -0.25) is 0 Å². The summed E-state index contributed by atoms with van der Waals surface area (Å²) < 4.78 is 0. The Labute approximate surface area is 203 Å². The largest absolute Gasteiger partial charge is 0.508 e. The second-order valence-electron chi connectivity index (χ2n) is 7.97. The zero-order valence-electron chi connectivity index (χ0n) is 19.4. The molecule has 0 spiro atoms. The van der Waals surface area contributed by atoms with Crippen molar-refractivity contribution >= 4 is 0 Å². The van der Waals surface area contributed by atoms with E-state index >= 15 is 0 Å². The molecule has 2 N–H and O–H groups in total. The van der Waals surface area contributed by atoms with Crippen LogP contribution in [0.3, 0.4) is 0 Å². The number of allylic oxidation sites excluding steroid dienone is 16. The number of hydrogen-bond acceptors (Lipinski definition) is 2. The van der Waals surface area contributed by atoms with Gasteiger partial charge in [-0.1, -0.05) is 109 Å². The molecule has 0 heterocycles. The lowest BCUT2D eigenvalue weighted by Crippen LogP contribution is -1.80. The van der Waals surface area contributed by atoms with E-state index in [1.54, 1.807) is 48.5 Å². The summed E-state index contributed by atoms with van der Waals surface area (Å²) in [4.78, 5) is 0. The molecule has 4 aliphatic rings. The average molecular weight is 449 g/mol. The summed E-state index contributed by atoms with van der Waals surface area (Å²) in [6.07, 6.45) is 30.7. The Morgan fingerprint density at radius 1 is 0.382 bits per heavy atom. The minimum Gasteiger partial charge on any atom is -0.508 e. The monoisotopic (exact) mass is 448 g/mol. The molecular formula is C32H32O2. The Kier molecular flexibility index (Phi) is 10.3. The van der Waals surface area contributed by atoms with Crippen molar-refractivity contribution in [2.75, 3.05) is 0 Å². The number of hydrogen-bond donors (Lipinski definition) is 2. The van der Waals surface area contributed by atoms with Crippen molar-refractivity contribution in [3.8, 4) is 11.5 Å². The summed E-state index contributed by atoms with van der Waals surface area (Å²) in [5, 5.41) is 17.3. The maximum atomic E-state index is 8.63. The van der Waals surface area contributed by atoms with Crippen molar-refractivity contribution in [3.05, 3.63) is 156 Å². The van der Waals surface area contributed by atoms with Crippen LogP contribution < -0.4 is 0 Å². The highest BCUT2D eigenvalue weighted by Gasteiger charge is 2.06. The summed E-state index contributed by atoms with van der Waals surface area (Å²) in [6.45, 7) is 0. The molecule has 2 aromatic carbocycles. The summed E-state index contributed by atoms with van der Waals surface area (Å²) in [7, 11) is 0. The zero-order valence-corrected chi connectivity index (χ0v) is 19.4. The van der Waals surface area contributed by atoms with Gasteiger partial charge in [0.1, 0.15) is 11.5 Å². The van der Waals surface area contributed by atoms with E-state index in [-0.39, 0.29) is 0 Å². The van der Waals surface area contributed by atoms with Crippen LogP contribution in [-0.2, 0) is 0 Å². The molecule has 0 atom stereocenters. The molecule has 0 bridgehead atoms. The number of rotatable bonds is 2. The first-order chi connectivity index (χ1) is 16.7. The van der Waals surface area contributed by atoms with Crippen LogP contribution in [-0.4, -0.2) is 10.2 Å². The third-order valence-electron chi connectivity index (χ3n) is 5.42. The van der Waals surface area contributed by atoms with Gasteiger partial charge in [0.25, 0.3) is 0 Å². The Balaban J connectivity index is 0.000000129. The molecule has 0 aliphatic heterocycles. The quantitative estimate of drug-likeness (QED) is 0.485. The topological polar surface area (TPSA) is 40.5 Å². The first-order valence-corrected chi connectivity index (χ1v) is 11.6. The van der Waals surface area contributed by atoms with Gasteiger partial charge in [0.05, 0.1) is 0 Å². The molecular weight excluding hydrogens is 416 g/mol. The lowest BCUT2D eigenvalue weighted by molar-refractivity contribution is 0.475. The molecule has 0 saturated heterocycles. The fraction of sp³-hybridized carbons (Fsp3) is 0.125. The van der Waals surface area contributed by atoms with E-state index in [0.717, 1.165) is 25.7 Å². The van der Waals surface area contributed by atoms with Gasteiger partial charge < -0.3 is 10.2 Å². The van der Waals surface area contributed by atoms with Crippen molar-refractivity contribution in [2.45, 2.75) is 25.7 Å². The van der Waals surface area contributed by atoms with Crippen molar-refractivity contribution in [1.29, 1.82) is 0 Å². The number of phenolic OH excluding ortho intramolecular Hbond substituents is 2. The van der Waals surface area contributed by atoms with E-state index in [1.165, 1.54) is 22.3 Å². The molecule has 0 unspecified atom stereocenters. The van der Waals surface area contributed by atoms with E-state index in [1.807, 2.05) is 12.1 Å². The third kappa shape index (κ3) is 8.84. The maximum absolute atomic E-state index is 8.63. The molecule has 0 saturated carbocycles. The highest BCUT2D eigenvalue weighted by Crippen LogP contribution is 2.26. The van der Waals surface area contributed by atoms with E-state index in [2.05, 4.69) is 72.9 Å². The molecule has 0 amide bonds. The van der Waals surface area contributed by atoms with Crippen LogP contribution in [0.25, 0.3) is 0 Å². The number of benzene rings is 2. The fourth-order valence-electron chi connectivity index (χ4n) is 3.60. The van der Waals surface area contributed by atoms with Crippen LogP contribution in [0.4, 0.5) is 0 Å². The van der Waals surface area contributed by atoms with Crippen LogP contribution in [0.2, 0.25) is 0 Å². The highest BCUT2D eigenvalue weighted by atomic mass is 16.3. The SMILES string of the molecule is C1=CCC(C2=CC=CC2)=C1.C1=CCC(C2=CC=CC2)=C1.Oc1ccccc1.Oc1ccccc1. The zero-order chi connectivity index (χ0) is 23.8. The smallest absolute Gasteiger partial charge is 0.115 e. The van der Waals surface area contributed by atoms with Crippen LogP contribution >= 0.6 is 0 Å². The summed E-state index contributed by atoms with van der Waals surface area (Å²) >= 11 is 0. The minimum absolute atomic E-state index is 0.322. The summed E-state index contributed by atoms with van der Waals surface area (Å²) in [5.74, 6) is 0.644. The van der Waals surface area contributed by atoms with Crippen LogP contribution in [0.5, 0.6) is 11.5 Å². The predicted octanol–water partition coefficient (Wildman–Crippen LogP) is 8.30. The van der Waals surface area contributed by atoms with Crippen LogP contribution in [0.1, 0.15) is 25.7 Å². The molecule has 0 fully saturated rings. The second-order valence-corrected chi connectivity index (χ2v) is 7.97. The lowest BCUT2D eigenvalue weighted by Gasteiger charge is -1.99. The van der Waals surface area contributed by atoms with E-state index in [0.29, 0.717) is 11.5 Å². The Bertz CT molecular complexity index is 989. The van der Waals surface area contributed by atoms with Gasteiger partial charge in [0.15, 0.2) is 0 Å². The average Bonchev–Trinajstić information content (AvgIpc) is 3.69.